The van der Waals surface area contributed by atoms with E-state index >= 15 is 0 Å². The SMILES string of the molecule is O=C(OCC(F)(F)S(=O)(=O)[O-])c1cc(C(=O)Oc2c(I)cc(I)cc2I)c(C(=O)Oc2c(I)cc(I)cc2I)cc1C(=O)Oc1c(I)cc(I)cc1I. The van der Waals surface area contributed by atoms with Gasteiger partial charge in [0.2, 0.25) is 0 Å². The summed E-state index contributed by atoms with van der Waals surface area (Å²) in [4.78, 5) is 55.2. The molecule has 0 aromatic heterocycles. The molecule has 0 amide bonds. The number of halogens is 11. The Labute approximate surface area is 421 Å². The Morgan fingerprint density at radius 2 is 0.755 bits per heavy atom. The van der Waals surface area contributed by atoms with Crippen molar-refractivity contribution >= 4 is 237 Å². The Morgan fingerprint density at radius 1 is 0.509 bits per heavy atom. The summed E-state index contributed by atoms with van der Waals surface area (Å²) in [6.45, 7) is -2.23. The third kappa shape index (κ3) is 11.9. The summed E-state index contributed by atoms with van der Waals surface area (Å²) >= 11 is 17.7. The number of rotatable bonds is 10. The molecule has 4 rings (SSSR count). The Bertz CT molecular complexity index is 2250. The summed E-state index contributed by atoms with van der Waals surface area (Å²) in [6.07, 6.45) is 0. The maximum atomic E-state index is 14.1. The van der Waals surface area contributed by atoms with Gasteiger partial charge in [-0.3, -0.25) is 0 Å². The summed E-state index contributed by atoms with van der Waals surface area (Å²) in [6, 6.07) is 11.6. The lowest BCUT2D eigenvalue weighted by Crippen LogP contribution is -2.35. The maximum absolute atomic E-state index is 14.1. The number of hydrogen-bond donors (Lipinski definition) is 0. The molecule has 0 aliphatic rings. The van der Waals surface area contributed by atoms with Gasteiger partial charge in [-0.15, -0.1) is 0 Å². The van der Waals surface area contributed by atoms with Gasteiger partial charge in [0.1, 0.15) is 0 Å². The largest absolute Gasteiger partial charge is 0.743 e. The van der Waals surface area contributed by atoms with E-state index in [1.807, 2.05) is 158 Å². The molecule has 0 bridgehead atoms. The van der Waals surface area contributed by atoms with Gasteiger partial charge in [-0.1, -0.05) is 0 Å². The van der Waals surface area contributed by atoms with Crippen molar-refractivity contribution in [3.8, 4) is 17.2 Å². The van der Waals surface area contributed by atoms with Crippen LogP contribution in [-0.4, -0.2) is 48.7 Å². The van der Waals surface area contributed by atoms with E-state index in [9.17, 15) is 40.9 Å². The van der Waals surface area contributed by atoms with Crippen LogP contribution in [0.1, 0.15) is 41.4 Å². The first-order valence-corrected chi connectivity index (χ1v) is 24.4. The van der Waals surface area contributed by atoms with Crippen LogP contribution in [0.4, 0.5) is 8.78 Å². The van der Waals surface area contributed by atoms with Crippen LogP contribution in [-0.2, 0) is 14.9 Å². The molecule has 23 heteroatoms. The highest BCUT2D eigenvalue weighted by molar-refractivity contribution is 14.1. The van der Waals surface area contributed by atoms with Gasteiger partial charge in [-0.25, -0.2) is 27.6 Å². The molecular weight excluding hydrogens is 1750 g/mol. The smallest absolute Gasteiger partial charge is 0.367 e. The van der Waals surface area contributed by atoms with Gasteiger partial charge >= 0.3 is 29.1 Å². The molecule has 0 unspecified atom stereocenters. The maximum Gasteiger partial charge on any atom is 0.367 e. The van der Waals surface area contributed by atoms with Gasteiger partial charge in [0, 0.05) is 10.7 Å². The van der Waals surface area contributed by atoms with Crippen LogP contribution in [0.15, 0.2) is 48.5 Å². The standard InChI is InChI=1S/C30H11F2I9O11S/c31-30(32,53(46,47)48)9-49-26(42)13-7-15(28(44)51-24-19(38)3-11(34)4-20(24)39)16(29(45)52-25-21(40)5-12(35)6-22(25)41)8-14(13)27(43)50-23-17(36)1-10(33)2-18(23)37/h1-8H,9H2,(H,46,47,48)/p-1. The summed E-state index contributed by atoms with van der Waals surface area (Å²) < 4.78 is 88.4. The molecule has 280 valence electrons. The molecule has 0 aliphatic heterocycles. The Balaban J connectivity index is 1.95. The minimum Gasteiger partial charge on any atom is -0.743 e. The van der Waals surface area contributed by atoms with Gasteiger partial charge in [-0.05, 0) is 252 Å². The van der Waals surface area contributed by atoms with E-state index in [0.29, 0.717) is 27.5 Å². The quantitative estimate of drug-likeness (QED) is 0.0643. The van der Waals surface area contributed by atoms with E-state index in [-0.39, 0.29) is 17.2 Å². The van der Waals surface area contributed by atoms with Crippen molar-refractivity contribution in [3.05, 3.63) is 103 Å². The Kier molecular flexibility index (Phi) is 17.2. The highest BCUT2D eigenvalue weighted by atomic mass is 127. The van der Waals surface area contributed by atoms with Crippen LogP contribution in [0.3, 0.4) is 0 Å². The van der Waals surface area contributed by atoms with E-state index in [0.717, 1.165) is 16.8 Å². The molecule has 0 saturated carbocycles. The fourth-order valence-corrected chi connectivity index (χ4v) is 15.5. The van der Waals surface area contributed by atoms with E-state index in [2.05, 4.69) is 49.9 Å². The van der Waals surface area contributed by atoms with Gasteiger partial charge in [0.15, 0.2) is 34.0 Å². The third-order valence-electron chi connectivity index (χ3n) is 6.25. The summed E-state index contributed by atoms with van der Waals surface area (Å²) in [7, 11) is -6.28. The predicted octanol–water partition coefficient (Wildman–Crippen LogP) is 10.1. The minimum atomic E-state index is -6.28. The molecule has 4 aromatic carbocycles. The van der Waals surface area contributed by atoms with Gasteiger partial charge in [0.25, 0.3) is 0 Å². The number of alkyl halides is 2. The summed E-state index contributed by atoms with van der Waals surface area (Å²) in [5.41, 5.74) is -2.93. The second kappa shape index (κ2) is 19.4. The molecule has 0 saturated heterocycles. The lowest BCUT2D eigenvalue weighted by atomic mass is 9.97. The number of carbonyl (C=O) groups excluding carboxylic acids is 4. The Morgan fingerprint density at radius 3 is 1.00 bits per heavy atom. The van der Waals surface area contributed by atoms with Crippen molar-refractivity contribution in [3.63, 3.8) is 0 Å². The van der Waals surface area contributed by atoms with Crippen molar-refractivity contribution < 1.29 is 59.9 Å². The predicted molar refractivity (Wildman–Crippen MR) is 260 cm³/mol. The lowest BCUT2D eigenvalue weighted by Gasteiger charge is -2.20. The van der Waals surface area contributed by atoms with Crippen molar-refractivity contribution in [2.45, 2.75) is 5.25 Å². The van der Waals surface area contributed by atoms with E-state index in [1.165, 1.54) is 0 Å². The van der Waals surface area contributed by atoms with Crippen LogP contribution in [0, 0.1) is 32.1 Å². The zero-order valence-electron chi connectivity index (χ0n) is 24.9. The fourth-order valence-electron chi connectivity index (χ4n) is 3.90. The number of carbonyl (C=O) groups is 4. The van der Waals surface area contributed by atoms with Crippen molar-refractivity contribution in [2.75, 3.05) is 6.61 Å². The first kappa shape index (κ1) is 46.8. The average Bonchev–Trinajstić information content (AvgIpc) is 3.03. The molecule has 0 heterocycles. The molecule has 11 nitrogen and oxygen atoms in total. The first-order valence-electron chi connectivity index (χ1n) is 13.3. The van der Waals surface area contributed by atoms with Crippen LogP contribution in [0.5, 0.6) is 17.2 Å². The molecule has 0 aliphatic carbocycles. The number of esters is 4. The monoisotopic (exact) mass is 1760 g/mol. The zero-order valence-corrected chi connectivity index (χ0v) is 45.1. The Hall–Kier alpha value is 1.10. The lowest BCUT2D eigenvalue weighted by molar-refractivity contribution is -0.0101. The number of ether oxygens (including phenoxy) is 4. The van der Waals surface area contributed by atoms with Crippen LogP contribution < -0.4 is 14.2 Å². The zero-order chi connectivity index (χ0) is 39.7. The van der Waals surface area contributed by atoms with E-state index in [4.69, 9.17) is 14.2 Å². The average molecular weight is 1760 g/mol. The van der Waals surface area contributed by atoms with Crippen molar-refractivity contribution in [2.24, 2.45) is 0 Å². The fraction of sp³-hybridized carbons (Fsp3) is 0.0667. The van der Waals surface area contributed by atoms with Gasteiger partial charge in [-0.2, -0.15) is 8.78 Å². The van der Waals surface area contributed by atoms with Crippen LogP contribution in [0.2, 0.25) is 0 Å². The summed E-state index contributed by atoms with van der Waals surface area (Å²) in [5.74, 6) is -5.25. The molecule has 0 N–H and O–H groups in total. The van der Waals surface area contributed by atoms with Crippen molar-refractivity contribution in [1.82, 2.24) is 0 Å². The highest BCUT2D eigenvalue weighted by Crippen LogP contribution is 2.35. The normalized spacial score (nSPS) is 11.5. The molecule has 0 radical (unpaired) electrons. The molecule has 0 atom stereocenters. The number of hydrogen-bond acceptors (Lipinski definition) is 11. The first-order chi connectivity index (χ1) is 24.5. The van der Waals surface area contributed by atoms with Gasteiger partial charge < -0.3 is 23.5 Å². The topological polar surface area (TPSA) is 162 Å². The van der Waals surface area contributed by atoms with Crippen LogP contribution in [0.25, 0.3) is 0 Å². The van der Waals surface area contributed by atoms with E-state index in [1.54, 1.807) is 36.4 Å². The molecule has 0 fully saturated rings. The van der Waals surface area contributed by atoms with Crippen LogP contribution >= 0.6 is 203 Å². The van der Waals surface area contributed by atoms with Crippen molar-refractivity contribution in [1.29, 1.82) is 0 Å². The van der Waals surface area contributed by atoms with Gasteiger partial charge in [0.05, 0.1) is 43.7 Å². The summed E-state index contributed by atoms with van der Waals surface area (Å²) in [5, 5.41) is -5.05. The number of benzene rings is 4. The molecular formula is C30H10F2I9O11S-. The molecule has 53 heavy (non-hydrogen) atoms. The molecule has 0 spiro atoms. The second-order valence-corrected chi connectivity index (χ2v) is 22.1. The molecule has 4 aromatic rings. The second-order valence-electron chi connectivity index (χ2n) is 9.88. The third-order valence-corrected chi connectivity index (χ3v) is 13.8. The highest BCUT2D eigenvalue weighted by Gasteiger charge is 2.40. The minimum absolute atomic E-state index is 0.0402. The van der Waals surface area contributed by atoms with E-state index < -0.39 is 68.1 Å².